The van der Waals surface area contributed by atoms with Gasteiger partial charge >= 0.3 is 12.0 Å². The second-order valence-electron chi connectivity index (χ2n) is 1.56. The molecule has 0 heterocycles. The van der Waals surface area contributed by atoms with E-state index < -0.39 is 12.0 Å². The average molecular weight is 176 g/mol. The molecule has 0 aliphatic carbocycles. The Morgan fingerprint density at radius 3 is 2.08 bits per heavy atom. The molecule has 0 aliphatic rings. The normalized spacial score (nSPS) is 7.42. The summed E-state index contributed by atoms with van der Waals surface area (Å²) in [6.07, 6.45) is 0.833. The maximum Gasteiger partial charge on any atom is 0.327 e. The van der Waals surface area contributed by atoms with Gasteiger partial charge < -0.3 is 21.3 Å². The maximum atomic E-state index is 9.76. The first kappa shape index (κ1) is 13.1. The van der Waals surface area contributed by atoms with Crippen molar-refractivity contribution >= 4 is 12.0 Å². The largest absolute Gasteiger partial charge is 0.478 e. The molecule has 12 heavy (non-hydrogen) atoms. The number of rotatable bonds is 3. The summed E-state index contributed by atoms with van der Waals surface area (Å²) in [6.45, 7) is 3.13. The van der Waals surface area contributed by atoms with E-state index in [1.54, 1.807) is 0 Å². The van der Waals surface area contributed by atoms with Crippen LogP contribution in [0.4, 0.5) is 4.79 Å². The Balaban J connectivity index is 0. The van der Waals surface area contributed by atoms with Crippen molar-refractivity contribution in [3.63, 3.8) is 0 Å². The van der Waals surface area contributed by atoms with E-state index in [9.17, 15) is 9.59 Å². The molecule has 6 heteroatoms. The van der Waals surface area contributed by atoms with Gasteiger partial charge in [-0.25, -0.2) is 9.59 Å². The quantitative estimate of drug-likeness (QED) is 0.409. The molecule has 0 saturated heterocycles. The molecule has 2 amide bonds. The molecule has 5 N–H and O–H groups in total. The van der Waals surface area contributed by atoms with E-state index in [1.165, 1.54) is 0 Å². The Labute approximate surface area is 69.7 Å². The number of aliphatic hydroxyl groups is 1. The van der Waals surface area contributed by atoms with Crippen molar-refractivity contribution in [2.75, 3.05) is 13.2 Å². The number of hydrogen-bond acceptors (Lipinski definition) is 3. The lowest BCUT2D eigenvalue weighted by Gasteiger charge is -1.92. The lowest BCUT2D eigenvalue weighted by molar-refractivity contribution is -0.131. The first-order chi connectivity index (χ1) is 5.54. The zero-order valence-corrected chi connectivity index (χ0v) is 6.49. The highest BCUT2D eigenvalue weighted by atomic mass is 16.4. The van der Waals surface area contributed by atoms with Crippen molar-refractivity contribution in [3.8, 4) is 0 Å². The molecule has 0 bridgehead atoms. The number of primary amides is 1. The fourth-order valence-electron chi connectivity index (χ4n) is 0.179. The van der Waals surface area contributed by atoms with E-state index in [-0.39, 0.29) is 13.2 Å². The second-order valence-corrected chi connectivity index (χ2v) is 1.56. The molecular formula is C6H12N2O4. The second kappa shape index (κ2) is 9.44. The third-order valence-electron chi connectivity index (χ3n) is 0.586. The Morgan fingerprint density at radius 2 is 2.00 bits per heavy atom. The molecule has 0 aromatic carbocycles. The minimum Gasteiger partial charge on any atom is -0.478 e. The van der Waals surface area contributed by atoms with Gasteiger partial charge in [0, 0.05) is 12.6 Å². The molecule has 0 fully saturated rings. The van der Waals surface area contributed by atoms with Crippen LogP contribution in [0, 0.1) is 0 Å². The van der Waals surface area contributed by atoms with Crippen molar-refractivity contribution in [1.29, 1.82) is 0 Å². The summed E-state index contributed by atoms with van der Waals surface area (Å²) in [7, 11) is 0. The van der Waals surface area contributed by atoms with Crippen LogP contribution in [0.2, 0.25) is 0 Å². The van der Waals surface area contributed by atoms with Crippen LogP contribution in [0.1, 0.15) is 0 Å². The van der Waals surface area contributed by atoms with Gasteiger partial charge in [-0.05, 0) is 0 Å². The minimum absolute atomic E-state index is 0.0665. The van der Waals surface area contributed by atoms with Gasteiger partial charge in [0.2, 0.25) is 0 Å². The third kappa shape index (κ3) is 23.7. The van der Waals surface area contributed by atoms with E-state index in [1.807, 2.05) is 0 Å². The van der Waals surface area contributed by atoms with Gasteiger partial charge in [0.15, 0.2) is 0 Å². The van der Waals surface area contributed by atoms with Crippen molar-refractivity contribution in [3.05, 3.63) is 12.7 Å². The SMILES string of the molecule is C=CC(=O)O.NC(=O)NCCO. The highest BCUT2D eigenvalue weighted by Gasteiger charge is 1.84. The number of nitrogens with one attached hydrogen (secondary N) is 1. The summed E-state index contributed by atoms with van der Waals surface area (Å²) in [5, 5.41) is 17.8. The molecular weight excluding hydrogens is 164 g/mol. The van der Waals surface area contributed by atoms with Crippen LogP contribution < -0.4 is 11.1 Å². The van der Waals surface area contributed by atoms with Gasteiger partial charge in [0.1, 0.15) is 0 Å². The number of carboxylic acid groups (broad SMARTS) is 1. The van der Waals surface area contributed by atoms with Gasteiger partial charge in [-0.15, -0.1) is 0 Å². The average Bonchev–Trinajstić information content (AvgIpc) is 2.02. The number of carboxylic acids is 1. The van der Waals surface area contributed by atoms with Gasteiger partial charge in [-0.3, -0.25) is 0 Å². The number of carbonyl (C=O) groups excluding carboxylic acids is 1. The van der Waals surface area contributed by atoms with Crippen LogP contribution in [0.3, 0.4) is 0 Å². The predicted molar refractivity (Wildman–Crippen MR) is 42.5 cm³/mol. The number of nitrogens with two attached hydrogens (primary N) is 1. The van der Waals surface area contributed by atoms with E-state index in [4.69, 9.17) is 10.2 Å². The van der Waals surface area contributed by atoms with Crippen molar-refractivity contribution in [2.24, 2.45) is 5.73 Å². The number of hydrogen-bond donors (Lipinski definition) is 4. The van der Waals surface area contributed by atoms with Gasteiger partial charge in [-0.2, -0.15) is 0 Å². The Kier molecular flexibility index (Phi) is 10.3. The van der Waals surface area contributed by atoms with Crippen LogP contribution >= 0.6 is 0 Å². The summed E-state index contributed by atoms with van der Waals surface area (Å²) < 4.78 is 0. The summed E-state index contributed by atoms with van der Waals surface area (Å²) in [5.74, 6) is -0.981. The molecule has 0 aromatic heterocycles. The molecule has 0 aliphatic heterocycles. The lowest BCUT2D eigenvalue weighted by atomic mass is 10.7. The zero-order valence-electron chi connectivity index (χ0n) is 6.49. The summed E-state index contributed by atoms with van der Waals surface area (Å²) >= 11 is 0. The van der Waals surface area contributed by atoms with E-state index in [0.717, 1.165) is 6.08 Å². The minimum atomic E-state index is -0.981. The van der Waals surface area contributed by atoms with Crippen LogP contribution in [0.25, 0.3) is 0 Å². The molecule has 6 nitrogen and oxygen atoms in total. The van der Waals surface area contributed by atoms with E-state index >= 15 is 0 Å². The van der Waals surface area contributed by atoms with Gasteiger partial charge in [0.25, 0.3) is 0 Å². The highest BCUT2D eigenvalue weighted by molar-refractivity contribution is 5.78. The molecule has 0 rings (SSSR count). The lowest BCUT2D eigenvalue weighted by Crippen LogP contribution is -2.31. The van der Waals surface area contributed by atoms with Crippen molar-refractivity contribution in [2.45, 2.75) is 0 Å². The van der Waals surface area contributed by atoms with Crippen LogP contribution in [-0.4, -0.2) is 35.4 Å². The Bertz CT molecular complexity index is 158. The number of aliphatic hydroxyl groups excluding tert-OH is 1. The van der Waals surface area contributed by atoms with Crippen LogP contribution in [0.5, 0.6) is 0 Å². The van der Waals surface area contributed by atoms with Crippen molar-refractivity contribution < 1.29 is 19.8 Å². The molecule has 0 spiro atoms. The molecule has 0 radical (unpaired) electrons. The molecule has 70 valence electrons. The number of aliphatic carboxylic acids is 1. The monoisotopic (exact) mass is 176 g/mol. The van der Waals surface area contributed by atoms with Gasteiger partial charge in [0.05, 0.1) is 6.61 Å². The number of carbonyl (C=O) groups is 2. The summed E-state index contributed by atoms with van der Waals surface area (Å²) in [4.78, 5) is 19.0. The standard InChI is InChI=1S/C3H8N2O2.C3H4O2/c4-3(7)5-1-2-6;1-2-3(4)5/h6H,1-2H2,(H3,4,5,7);2H,1H2,(H,4,5). The Morgan fingerprint density at radius 1 is 1.58 bits per heavy atom. The Hall–Kier alpha value is -1.56. The highest BCUT2D eigenvalue weighted by Crippen LogP contribution is 1.54. The fraction of sp³-hybridized carbons (Fsp3) is 0.333. The summed E-state index contributed by atoms with van der Waals surface area (Å²) in [6, 6.07) is -0.603. The molecule has 0 unspecified atom stereocenters. The van der Waals surface area contributed by atoms with Crippen LogP contribution in [0.15, 0.2) is 12.7 Å². The first-order valence-corrected chi connectivity index (χ1v) is 3.04. The van der Waals surface area contributed by atoms with E-state index in [2.05, 4.69) is 17.6 Å². The predicted octanol–water partition coefficient (Wildman–Crippen LogP) is -1.10. The summed E-state index contributed by atoms with van der Waals surface area (Å²) in [5.41, 5.74) is 4.62. The van der Waals surface area contributed by atoms with Crippen molar-refractivity contribution in [1.82, 2.24) is 5.32 Å². The number of urea groups is 1. The molecule has 0 aromatic rings. The zero-order chi connectivity index (χ0) is 9.98. The molecule has 0 saturated carbocycles. The van der Waals surface area contributed by atoms with Gasteiger partial charge in [-0.1, -0.05) is 6.58 Å². The first-order valence-electron chi connectivity index (χ1n) is 3.04. The third-order valence-corrected chi connectivity index (χ3v) is 0.586. The van der Waals surface area contributed by atoms with E-state index in [0.29, 0.717) is 0 Å². The topological polar surface area (TPSA) is 113 Å². The van der Waals surface area contributed by atoms with Crippen LogP contribution in [-0.2, 0) is 4.79 Å². The smallest absolute Gasteiger partial charge is 0.327 e. The number of amides is 2. The fourth-order valence-corrected chi connectivity index (χ4v) is 0.179. The molecule has 0 atom stereocenters. The maximum absolute atomic E-state index is 9.76.